The van der Waals surface area contributed by atoms with E-state index in [1.54, 1.807) is 29.8 Å². The zero-order valence-corrected chi connectivity index (χ0v) is 35.1. The number of hydrogen-bond acceptors (Lipinski definition) is 9. The fourth-order valence-corrected chi connectivity index (χ4v) is 8.73. The summed E-state index contributed by atoms with van der Waals surface area (Å²) in [6.07, 6.45) is 2.00. The van der Waals surface area contributed by atoms with E-state index >= 15 is 0 Å². The number of carbonyl (C=O) groups is 4. The highest BCUT2D eigenvalue weighted by Crippen LogP contribution is 2.44. The summed E-state index contributed by atoms with van der Waals surface area (Å²) >= 11 is 2.28. The molecule has 4 amide bonds. The number of nitrogens with one attached hydrogen (secondary N) is 4. The van der Waals surface area contributed by atoms with Gasteiger partial charge in [-0.1, -0.05) is 54.6 Å². The average Bonchev–Trinajstić information content (AvgIpc) is 3.97. The van der Waals surface area contributed by atoms with Crippen molar-refractivity contribution in [2.24, 2.45) is 5.92 Å². The molecule has 0 saturated carbocycles. The number of rotatable bonds is 10. The van der Waals surface area contributed by atoms with Gasteiger partial charge in [0.1, 0.15) is 36.1 Å². The fourth-order valence-electron chi connectivity index (χ4n) is 7.70. The Morgan fingerprint density at radius 3 is 2.40 bits per heavy atom. The van der Waals surface area contributed by atoms with Crippen molar-refractivity contribution in [2.75, 3.05) is 20.8 Å². The molecule has 15 nitrogen and oxygen atoms in total. The third-order valence-corrected chi connectivity index (χ3v) is 11.9. The molecule has 0 spiro atoms. The van der Waals surface area contributed by atoms with E-state index in [1.165, 1.54) is 14.2 Å². The first kappa shape index (κ1) is 39.8. The topological polar surface area (TPSA) is 184 Å². The SMILES string of the molecule is COC(=O)N[C@@H](C)C(=O)N(CC(C)C)[C@@H](C)c1ncc(-c2ccc3c(c2)COc2cc4c(ccc5[nH]c([C@@H]6CC[C@H](I)N6C(=O)[C@H](C)NC(=O)OC)nc54)cc2-3)[nH]1. The Labute approximate surface area is 343 Å². The van der Waals surface area contributed by atoms with Gasteiger partial charge in [-0.25, -0.2) is 19.6 Å². The lowest BCUT2D eigenvalue weighted by molar-refractivity contribution is -0.136. The summed E-state index contributed by atoms with van der Waals surface area (Å²) in [4.78, 5) is 70.8. The predicted molar refractivity (Wildman–Crippen MR) is 223 cm³/mol. The summed E-state index contributed by atoms with van der Waals surface area (Å²) < 4.78 is 15.7. The van der Waals surface area contributed by atoms with Crippen molar-refractivity contribution in [3.8, 4) is 28.1 Å². The molecule has 300 valence electrons. The minimum atomic E-state index is -0.770. The van der Waals surface area contributed by atoms with Crippen molar-refractivity contribution in [1.82, 2.24) is 40.4 Å². The molecular weight excluding hydrogens is 843 g/mol. The van der Waals surface area contributed by atoms with E-state index < -0.39 is 24.3 Å². The molecule has 7 rings (SSSR count). The smallest absolute Gasteiger partial charge is 0.407 e. The molecule has 5 atom stereocenters. The van der Waals surface area contributed by atoms with Crippen LogP contribution in [0.5, 0.6) is 5.75 Å². The highest BCUT2D eigenvalue weighted by Gasteiger charge is 2.40. The Hall–Kier alpha value is -5.39. The summed E-state index contributed by atoms with van der Waals surface area (Å²) in [7, 11) is 2.54. The molecule has 1 fully saturated rings. The van der Waals surface area contributed by atoms with Crippen LogP contribution in [0.3, 0.4) is 0 Å². The van der Waals surface area contributed by atoms with Gasteiger partial charge >= 0.3 is 12.2 Å². The number of carbonyl (C=O) groups excluding carboxylic acids is 4. The monoisotopic (exact) mass is 890 g/mol. The van der Waals surface area contributed by atoms with Crippen LogP contribution in [0.15, 0.2) is 48.7 Å². The minimum absolute atomic E-state index is 0.0466. The van der Waals surface area contributed by atoms with Gasteiger partial charge in [0.05, 0.1) is 53.3 Å². The van der Waals surface area contributed by atoms with E-state index in [0.29, 0.717) is 24.8 Å². The van der Waals surface area contributed by atoms with E-state index in [9.17, 15) is 19.2 Å². The molecule has 57 heavy (non-hydrogen) atoms. The molecule has 0 unspecified atom stereocenters. The van der Waals surface area contributed by atoms with Crippen LogP contribution < -0.4 is 15.4 Å². The Morgan fingerprint density at radius 1 is 0.947 bits per heavy atom. The number of halogens is 1. The number of alkyl carbamates (subject to hydrolysis) is 2. The van der Waals surface area contributed by atoms with Crippen molar-refractivity contribution < 1.29 is 33.4 Å². The van der Waals surface area contributed by atoms with Gasteiger partial charge in [0.25, 0.3) is 0 Å². The first-order valence-electron chi connectivity index (χ1n) is 19.0. The van der Waals surface area contributed by atoms with Crippen LogP contribution in [0, 0.1) is 5.92 Å². The third-order valence-electron chi connectivity index (χ3n) is 10.6. The molecule has 4 heterocycles. The molecule has 2 aliphatic heterocycles. The van der Waals surface area contributed by atoms with E-state index in [2.05, 4.69) is 78.5 Å². The Bertz CT molecular complexity index is 2360. The molecule has 2 aromatic heterocycles. The first-order chi connectivity index (χ1) is 27.3. The Balaban J connectivity index is 1.13. The highest BCUT2D eigenvalue weighted by molar-refractivity contribution is 14.1. The summed E-state index contributed by atoms with van der Waals surface area (Å²) in [6.45, 7) is 10.1. The molecular formula is C41H47IN8O7. The molecule has 0 radical (unpaired) electrons. The Morgan fingerprint density at radius 2 is 1.68 bits per heavy atom. The molecule has 0 aliphatic carbocycles. The van der Waals surface area contributed by atoms with E-state index in [1.807, 2.05) is 32.9 Å². The number of H-pyrrole nitrogens is 2. The molecule has 5 aromatic rings. The molecule has 2 aliphatic rings. The molecule has 0 bridgehead atoms. The van der Waals surface area contributed by atoms with Gasteiger partial charge in [0.15, 0.2) is 0 Å². The van der Waals surface area contributed by atoms with E-state index in [4.69, 9.17) is 19.2 Å². The second-order valence-corrected chi connectivity index (χ2v) is 16.5. The van der Waals surface area contributed by atoms with Crippen LogP contribution >= 0.6 is 22.6 Å². The minimum Gasteiger partial charge on any atom is -0.488 e. The number of likely N-dealkylation sites (tertiary alicyclic amines) is 1. The number of aromatic amines is 2. The second-order valence-electron chi connectivity index (χ2n) is 15.0. The number of methoxy groups -OCH3 is 2. The molecule has 1 saturated heterocycles. The normalized spacial score (nSPS) is 17.7. The number of hydrogen-bond donors (Lipinski definition) is 4. The lowest BCUT2D eigenvalue weighted by Crippen LogP contribution is -2.48. The Kier molecular flexibility index (Phi) is 11.3. The van der Waals surface area contributed by atoms with Gasteiger partial charge in [0.2, 0.25) is 11.8 Å². The van der Waals surface area contributed by atoms with Gasteiger partial charge in [-0.3, -0.25) is 9.59 Å². The second kappa shape index (κ2) is 16.2. The van der Waals surface area contributed by atoms with Gasteiger partial charge in [0, 0.05) is 17.5 Å². The van der Waals surface area contributed by atoms with Crippen LogP contribution in [0.2, 0.25) is 0 Å². The van der Waals surface area contributed by atoms with Crippen LogP contribution in [0.25, 0.3) is 44.2 Å². The van der Waals surface area contributed by atoms with Crippen molar-refractivity contribution >= 4 is 68.4 Å². The van der Waals surface area contributed by atoms with Gasteiger partial charge < -0.3 is 44.6 Å². The standard InChI is InChI=1S/C41H47IN8O7/c1-20(2)18-49(38(51)21(3)44-40(53)55-6)23(5)36-43-17-31(47-36)25-8-10-27-26(14-25)19-57-33-16-28-24(15-29(27)33)9-11-30-35(28)48-37(46-30)32-12-13-34(42)50(32)39(52)22(4)45-41(54)56-7/h8-11,14-17,20-23,32,34H,12-13,18-19H2,1-7H3,(H,43,47)(H,44,53)(H,45,54)(H,46,48)/t21-,22-,23-,32-,34+/m0/s1. The molecule has 16 heteroatoms. The number of benzene rings is 3. The molecule has 3 aromatic carbocycles. The number of amides is 4. The number of fused-ring (bicyclic) bond motifs is 6. The zero-order valence-electron chi connectivity index (χ0n) is 32.9. The number of ether oxygens (including phenoxy) is 3. The van der Waals surface area contributed by atoms with Crippen LogP contribution in [0.4, 0.5) is 9.59 Å². The average molecular weight is 891 g/mol. The largest absolute Gasteiger partial charge is 0.488 e. The lowest BCUT2D eigenvalue weighted by atomic mass is 9.92. The lowest BCUT2D eigenvalue weighted by Gasteiger charge is -2.32. The summed E-state index contributed by atoms with van der Waals surface area (Å²) in [5, 5.41) is 7.12. The fraction of sp³-hybridized carbons (Fsp3) is 0.415. The summed E-state index contributed by atoms with van der Waals surface area (Å²) in [5.74, 6) is 1.86. The number of aromatic nitrogens is 4. The van der Waals surface area contributed by atoms with Gasteiger partial charge in [-0.2, -0.15) is 0 Å². The number of alkyl halides is 1. The van der Waals surface area contributed by atoms with Crippen LogP contribution in [-0.4, -0.2) is 90.6 Å². The quantitative estimate of drug-likeness (QED) is 0.0644. The number of nitrogens with zero attached hydrogens (tertiary/aromatic N) is 4. The summed E-state index contributed by atoms with van der Waals surface area (Å²) in [6, 6.07) is 12.3. The number of imidazole rings is 2. The third kappa shape index (κ3) is 7.83. The predicted octanol–water partition coefficient (Wildman–Crippen LogP) is 7.12. The van der Waals surface area contributed by atoms with Crippen LogP contribution in [0.1, 0.15) is 76.8 Å². The first-order valence-corrected chi connectivity index (χ1v) is 20.3. The van der Waals surface area contributed by atoms with Crippen molar-refractivity contribution in [3.05, 3.63) is 65.9 Å². The maximum absolute atomic E-state index is 13.5. The maximum atomic E-state index is 13.5. The molecule has 4 N–H and O–H groups in total. The maximum Gasteiger partial charge on any atom is 0.407 e. The van der Waals surface area contributed by atoms with E-state index in [0.717, 1.165) is 68.3 Å². The van der Waals surface area contributed by atoms with Crippen LogP contribution in [-0.2, 0) is 25.7 Å². The van der Waals surface area contributed by atoms with Crippen molar-refractivity contribution in [2.45, 2.75) is 82.3 Å². The van der Waals surface area contributed by atoms with Gasteiger partial charge in [-0.05, 0) is 85.9 Å². The van der Waals surface area contributed by atoms with Crippen molar-refractivity contribution in [1.29, 1.82) is 0 Å². The van der Waals surface area contributed by atoms with E-state index in [-0.39, 0.29) is 33.9 Å². The van der Waals surface area contributed by atoms with Gasteiger partial charge in [-0.15, -0.1) is 0 Å². The highest BCUT2D eigenvalue weighted by atomic mass is 127. The summed E-state index contributed by atoms with van der Waals surface area (Å²) in [5.41, 5.74) is 6.48. The van der Waals surface area contributed by atoms with Crippen molar-refractivity contribution in [3.63, 3.8) is 0 Å². The zero-order chi connectivity index (χ0) is 40.7.